The summed E-state index contributed by atoms with van der Waals surface area (Å²) in [6.07, 6.45) is 0.227. The van der Waals surface area contributed by atoms with Crippen molar-refractivity contribution in [2.24, 2.45) is 0 Å². The Kier molecular flexibility index (Phi) is 3.85. The number of nitrogens with zero attached hydrogens (tertiary/aromatic N) is 1. The zero-order valence-electron chi connectivity index (χ0n) is 7.67. The maximum atomic E-state index is 8.29. The maximum absolute atomic E-state index is 8.29. The maximum Gasteiger partial charge on any atom is 0.138 e. The molecule has 2 nitrogen and oxygen atoms in total. The summed E-state index contributed by atoms with van der Waals surface area (Å²) in [5.74, 6) is 6.14. The number of hydrogen-bond donors (Lipinski definition) is 0. The van der Waals surface area contributed by atoms with Crippen molar-refractivity contribution in [3.63, 3.8) is 0 Å². The predicted molar refractivity (Wildman–Crippen MR) is 55.1 cm³/mol. The Hall–Kier alpha value is -1.64. The van der Waals surface area contributed by atoms with Gasteiger partial charge in [0.2, 0.25) is 0 Å². The van der Waals surface area contributed by atoms with Crippen molar-refractivity contribution in [1.29, 1.82) is 5.26 Å². The molecule has 1 aromatic rings. The second-order valence-electron chi connectivity index (χ2n) is 2.49. The Bertz CT molecular complexity index is 423. The molecule has 3 heteroatoms. The molecule has 0 aliphatic heterocycles. The highest BCUT2D eigenvalue weighted by atomic mass is 35.5. The molecule has 0 fully saturated rings. The highest BCUT2D eigenvalue weighted by molar-refractivity contribution is 6.32. The van der Waals surface area contributed by atoms with E-state index in [1.54, 1.807) is 25.3 Å². The van der Waals surface area contributed by atoms with Gasteiger partial charge in [0.25, 0.3) is 0 Å². The molecule has 0 bridgehead atoms. The van der Waals surface area contributed by atoms with Crippen molar-refractivity contribution in [1.82, 2.24) is 0 Å². The van der Waals surface area contributed by atoms with Gasteiger partial charge < -0.3 is 4.74 Å². The minimum absolute atomic E-state index is 0.227. The number of halogens is 1. The van der Waals surface area contributed by atoms with Crippen molar-refractivity contribution in [2.45, 2.75) is 6.42 Å². The summed E-state index contributed by atoms with van der Waals surface area (Å²) in [5.41, 5.74) is 0.793. The van der Waals surface area contributed by atoms with Crippen LogP contribution in [0.25, 0.3) is 0 Å². The lowest BCUT2D eigenvalue weighted by molar-refractivity contribution is 0.415. The molecule has 0 aliphatic carbocycles. The normalized spacial score (nSPS) is 8.36. The minimum Gasteiger partial charge on any atom is -0.495 e. The molecule has 0 aromatic heterocycles. The first-order valence-corrected chi connectivity index (χ1v) is 4.35. The van der Waals surface area contributed by atoms with Crippen molar-refractivity contribution in [3.05, 3.63) is 28.8 Å². The largest absolute Gasteiger partial charge is 0.495 e. The van der Waals surface area contributed by atoms with Gasteiger partial charge in [0.15, 0.2) is 0 Å². The van der Waals surface area contributed by atoms with Crippen molar-refractivity contribution in [3.8, 4) is 23.7 Å². The molecule has 1 aromatic carbocycles. The molecular formula is C11H8ClNO. The summed E-state index contributed by atoms with van der Waals surface area (Å²) in [6.45, 7) is 0. The van der Waals surface area contributed by atoms with Crippen LogP contribution in [0.4, 0.5) is 0 Å². The number of ether oxygens (including phenoxy) is 1. The van der Waals surface area contributed by atoms with Crippen LogP contribution in [0.3, 0.4) is 0 Å². The van der Waals surface area contributed by atoms with Gasteiger partial charge in [0.05, 0.1) is 24.6 Å². The number of rotatable bonds is 1. The standard InChI is InChI=1S/C11H8ClNO/c1-14-11-8-9(4-2-3-7-13)5-6-10(11)12/h5-6,8H,3H2,1H3. The molecule has 0 saturated carbocycles. The molecule has 0 heterocycles. The number of hydrogen-bond acceptors (Lipinski definition) is 2. The molecule has 0 aliphatic rings. The lowest BCUT2D eigenvalue weighted by Gasteiger charge is -2.01. The second kappa shape index (κ2) is 5.17. The Morgan fingerprint density at radius 2 is 2.29 bits per heavy atom. The topological polar surface area (TPSA) is 33.0 Å². The van der Waals surface area contributed by atoms with Crippen LogP contribution in [-0.2, 0) is 0 Å². The Labute approximate surface area is 88.1 Å². The van der Waals surface area contributed by atoms with Crippen LogP contribution >= 0.6 is 11.6 Å². The Morgan fingerprint density at radius 1 is 1.50 bits per heavy atom. The van der Waals surface area contributed by atoms with Crippen LogP contribution in [0.5, 0.6) is 5.75 Å². The van der Waals surface area contributed by atoms with E-state index in [0.29, 0.717) is 10.8 Å². The number of methoxy groups -OCH3 is 1. The Balaban J connectivity index is 2.92. The second-order valence-corrected chi connectivity index (χ2v) is 2.89. The van der Waals surface area contributed by atoms with E-state index in [1.807, 2.05) is 6.07 Å². The van der Waals surface area contributed by atoms with Gasteiger partial charge in [-0.05, 0) is 18.2 Å². The summed E-state index contributed by atoms with van der Waals surface area (Å²) >= 11 is 5.83. The van der Waals surface area contributed by atoms with E-state index in [9.17, 15) is 0 Å². The van der Waals surface area contributed by atoms with Crippen LogP contribution in [0, 0.1) is 23.2 Å². The predicted octanol–water partition coefficient (Wildman–Crippen LogP) is 2.61. The van der Waals surface area contributed by atoms with E-state index in [0.717, 1.165) is 5.56 Å². The lowest BCUT2D eigenvalue weighted by atomic mass is 10.2. The summed E-state index contributed by atoms with van der Waals surface area (Å²) in [6, 6.07) is 7.20. The first-order valence-electron chi connectivity index (χ1n) is 3.97. The summed E-state index contributed by atoms with van der Waals surface area (Å²) in [7, 11) is 1.55. The summed E-state index contributed by atoms with van der Waals surface area (Å²) < 4.78 is 5.03. The van der Waals surface area contributed by atoms with Crippen molar-refractivity contribution < 1.29 is 4.74 Å². The fraction of sp³-hybridized carbons (Fsp3) is 0.182. The monoisotopic (exact) mass is 205 g/mol. The van der Waals surface area contributed by atoms with Crippen molar-refractivity contribution in [2.75, 3.05) is 7.11 Å². The smallest absolute Gasteiger partial charge is 0.138 e. The molecule has 0 N–H and O–H groups in total. The lowest BCUT2D eigenvalue weighted by Crippen LogP contribution is -1.85. The molecular weight excluding hydrogens is 198 g/mol. The van der Waals surface area contributed by atoms with E-state index in [1.165, 1.54) is 0 Å². The van der Waals surface area contributed by atoms with Crippen LogP contribution in [0.15, 0.2) is 18.2 Å². The molecule has 14 heavy (non-hydrogen) atoms. The van der Waals surface area contributed by atoms with E-state index >= 15 is 0 Å². The van der Waals surface area contributed by atoms with E-state index in [2.05, 4.69) is 11.8 Å². The molecule has 0 unspecified atom stereocenters. The van der Waals surface area contributed by atoms with Gasteiger partial charge in [-0.15, -0.1) is 0 Å². The van der Waals surface area contributed by atoms with Crippen LogP contribution in [-0.4, -0.2) is 7.11 Å². The van der Waals surface area contributed by atoms with Gasteiger partial charge in [-0.3, -0.25) is 0 Å². The number of nitriles is 1. The van der Waals surface area contributed by atoms with Crippen LogP contribution in [0.1, 0.15) is 12.0 Å². The highest BCUT2D eigenvalue weighted by Gasteiger charge is 1.99. The van der Waals surface area contributed by atoms with Crippen LogP contribution < -0.4 is 4.74 Å². The van der Waals surface area contributed by atoms with Gasteiger partial charge in [-0.25, -0.2) is 0 Å². The van der Waals surface area contributed by atoms with Gasteiger partial charge >= 0.3 is 0 Å². The van der Waals surface area contributed by atoms with E-state index in [4.69, 9.17) is 21.6 Å². The minimum atomic E-state index is 0.227. The molecule has 70 valence electrons. The number of benzene rings is 1. The molecule has 0 radical (unpaired) electrons. The van der Waals surface area contributed by atoms with Gasteiger partial charge in [0.1, 0.15) is 5.75 Å². The van der Waals surface area contributed by atoms with E-state index < -0.39 is 0 Å². The SMILES string of the molecule is COc1cc(C#CCC#N)ccc1Cl. The van der Waals surface area contributed by atoms with Crippen LogP contribution in [0.2, 0.25) is 5.02 Å². The molecule has 1 rings (SSSR count). The fourth-order valence-electron chi connectivity index (χ4n) is 0.923. The first-order chi connectivity index (χ1) is 6.77. The average Bonchev–Trinajstić information content (AvgIpc) is 2.21. The summed E-state index contributed by atoms with van der Waals surface area (Å²) in [4.78, 5) is 0. The first kappa shape index (κ1) is 10.4. The Morgan fingerprint density at radius 3 is 2.93 bits per heavy atom. The molecule has 0 amide bonds. The third-order valence-electron chi connectivity index (χ3n) is 1.55. The molecule has 0 saturated heterocycles. The fourth-order valence-corrected chi connectivity index (χ4v) is 1.12. The zero-order chi connectivity index (χ0) is 10.4. The highest BCUT2D eigenvalue weighted by Crippen LogP contribution is 2.24. The molecule has 0 atom stereocenters. The van der Waals surface area contributed by atoms with Gasteiger partial charge in [-0.2, -0.15) is 5.26 Å². The van der Waals surface area contributed by atoms with Gasteiger partial charge in [-0.1, -0.05) is 23.4 Å². The molecule has 0 spiro atoms. The van der Waals surface area contributed by atoms with E-state index in [-0.39, 0.29) is 6.42 Å². The van der Waals surface area contributed by atoms with Crippen molar-refractivity contribution >= 4 is 11.6 Å². The summed E-state index contributed by atoms with van der Waals surface area (Å²) in [5, 5.41) is 8.84. The van der Waals surface area contributed by atoms with Gasteiger partial charge in [0, 0.05) is 5.56 Å². The third-order valence-corrected chi connectivity index (χ3v) is 1.86. The average molecular weight is 206 g/mol. The zero-order valence-corrected chi connectivity index (χ0v) is 8.43. The quantitative estimate of drug-likeness (QED) is 0.661. The third kappa shape index (κ3) is 2.69.